The van der Waals surface area contributed by atoms with E-state index in [4.69, 9.17) is 0 Å². The molecule has 0 bridgehead atoms. The Morgan fingerprint density at radius 2 is 1.86 bits per heavy atom. The number of nitro groups is 1. The standard InChI is InChI=1S/C18H17N7O2S/c1-13-9-16(25(26)27)22-24(13)12-18-20-19-17(28-18)10-15-7-8-23(21-15)11-14-5-3-2-4-6-14/h2-9H,10-12H2,1H3. The van der Waals surface area contributed by atoms with Gasteiger partial charge in [-0.1, -0.05) is 41.7 Å². The zero-order chi connectivity index (χ0) is 19.5. The zero-order valence-corrected chi connectivity index (χ0v) is 15.9. The number of aromatic nitrogens is 6. The quantitative estimate of drug-likeness (QED) is 0.352. The van der Waals surface area contributed by atoms with Crippen molar-refractivity contribution in [1.29, 1.82) is 0 Å². The van der Waals surface area contributed by atoms with Gasteiger partial charge in [-0.25, -0.2) is 0 Å². The second-order valence-electron chi connectivity index (χ2n) is 6.32. The minimum absolute atomic E-state index is 0.161. The monoisotopic (exact) mass is 395 g/mol. The molecule has 0 N–H and O–H groups in total. The molecule has 0 amide bonds. The summed E-state index contributed by atoms with van der Waals surface area (Å²) >= 11 is 1.46. The van der Waals surface area contributed by atoms with E-state index in [2.05, 4.69) is 32.5 Å². The van der Waals surface area contributed by atoms with Crippen molar-refractivity contribution >= 4 is 17.2 Å². The lowest BCUT2D eigenvalue weighted by atomic mass is 10.2. The Bertz CT molecular complexity index is 1100. The SMILES string of the molecule is Cc1cc([N+](=O)[O-])nn1Cc1nnc(Cc2ccn(Cc3ccccc3)n2)s1. The van der Waals surface area contributed by atoms with Gasteiger partial charge in [0.1, 0.15) is 16.6 Å². The van der Waals surface area contributed by atoms with Crippen LogP contribution in [0.25, 0.3) is 0 Å². The van der Waals surface area contributed by atoms with Gasteiger partial charge in [-0.2, -0.15) is 9.78 Å². The number of rotatable bonds is 7. The predicted molar refractivity (Wildman–Crippen MR) is 103 cm³/mol. The molecule has 10 heteroatoms. The molecule has 0 aliphatic heterocycles. The summed E-state index contributed by atoms with van der Waals surface area (Å²) in [7, 11) is 0. The smallest absolute Gasteiger partial charge is 0.358 e. The van der Waals surface area contributed by atoms with E-state index in [-0.39, 0.29) is 5.82 Å². The van der Waals surface area contributed by atoms with E-state index in [1.807, 2.05) is 35.1 Å². The fraction of sp³-hybridized carbons (Fsp3) is 0.222. The van der Waals surface area contributed by atoms with Gasteiger partial charge in [-0.05, 0) is 23.5 Å². The molecular formula is C18H17N7O2S. The Hall–Kier alpha value is -3.40. The molecule has 0 fully saturated rings. The Kier molecular flexibility index (Phi) is 4.94. The van der Waals surface area contributed by atoms with Gasteiger partial charge in [-0.3, -0.25) is 4.68 Å². The third kappa shape index (κ3) is 4.12. The van der Waals surface area contributed by atoms with Crippen LogP contribution in [-0.2, 0) is 19.5 Å². The second-order valence-corrected chi connectivity index (χ2v) is 7.46. The number of nitrogens with zero attached hydrogens (tertiary/aromatic N) is 7. The number of benzene rings is 1. The Labute approximate surface area is 164 Å². The maximum atomic E-state index is 10.8. The Balaban J connectivity index is 1.40. The lowest BCUT2D eigenvalue weighted by Gasteiger charge is -2.00. The summed E-state index contributed by atoms with van der Waals surface area (Å²) in [5, 5.41) is 29.4. The van der Waals surface area contributed by atoms with E-state index in [1.165, 1.54) is 23.0 Å². The van der Waals surface area contributed by atoms with Gasteiger partial charge >= 0.3 is 5.82 Å². The van der Waals surface area contributed by atoms with Crippen LogP contribution in [0.3, 0.4) is 0 Å². The van der Waals surface area contributed by atoms with Crippen LogP contribution >= 0.6 is 11.3 Å². The van der Waals surface area contributed by atoms with Crippen molar-refractivity contribution in [1.82, 2.24) is 29.8 Å². The van der Waals surface area contributed by atoms with Gasteiger partial charge in [0.25, 0.3) is 0 Å². The fourth-order valence-electron chi connectivity index (χ4n) is 2.81. The van der Waals surface area contributed by atoms with Crippen LogP contribution < -0.4 is 0 Å². The molecule has 0 aliphatic rings. The minimum atomic E-state index is -0.499. The largest absolute Gasteiger partial charge is 0.390 e. The van der Waals surface area contributed by atoms with Gasteiger partial charge in [0.15, 0.2) is 0 Å². The van der Waals surface area contributed by atoms with Gasteiger partial charge < -0.3 is 10.1 Å². The first-order chi connectivity index (χ1) is 13.6. The van der Waals surface area contributed by atoms with Crippen molar-refractivity contribution in [2.45, 2.75) is 26.4 Å². The van der Waals surface area contributed by atoms with Crippen LogP contribution in [0.2, 0.25) is 0 Å². The highest BCUT2D eigenvalue weighted by molar-refractivity contribution is 7.11. The first-order valence-corrected chi connectivity index (χ1v) is 9.45. The summed E-state index contributed by atoms with van der Waals surface area (Å²) in [6.45, 7) is 2.86. The molecule has 0 spiro atoms. The number of aryl methyl sites for hydroxylation is 1. The van der Waals surface area contributed by atoms with E-state index in [9.17, 15) is 10.1 Å². The molecule has 28 heavy (non-hydrogen) atoms. The molecule has 4 rings (SSSR count). The van der Waals surface area contributed by atoms with E-state index in [0.29, 0.717) is 18.7 Å². The predicted octanol–water partition coefficient (Wildman–Crippen LogP) is 2.84. The third-order valence-corrected chi connectivity index (χ3v) is 5.07. The van der Waals surface area contributed by atoms with E-state index >= 15 is 0 Å². The van der Waals surface area contributed by atoms with E-state index in [1.54, 1.807) is 11.6 Å². The minimum Gasteiger partial charge on any atom is -0.358 e. The van der Waals surface area contributed by atoms with Gasteiger partial charge in [0.05, 0.1) is 29.1 Å². The highest BCUT2D eigenvalue weighted by Crippen LogP contribution is 2.17. The van der Waals surface area contributed by atoms with Gasteiger partial charge in [0, 0.05) is 12.6 Å². The summed E-state index contributed by atoms with van der Waals surface area (Å²) in [4.78, 5) is 10.3. The second kappa shape index (κ2) is 7.69. The molecule has 3 aromatic heterocycles. The number of hydrogen-bond acceptors (Lipinski definition) is 7. The van der Waals surface area contributed by atoms with E-state index < -0.39 is 4.92 Å². The average Bonchev–Trinajstić information content (AvgIpc) is 3.39. The molecule has 1 aromatic carbocycles. The zero-order valence-electron chi connectivity index (χ0n) is 15.1. The molecule has 142 valence electrons. The molecule has 3 heterocycles. The highest BCUT2D eigenvalue weighted by atomic mass is 32.1. The molecule has 4 aromatic rings. The van der Waals surface area contributed by atoms with Crippen molar-refractivity contribution in [2.24, 2.45) is 0 Å². The number of hydrogen-bond donors (Lipinski definition) is 0. The topological polar surface area (TPSA) is 105 Å². The van der Waals surface area contributed by atoms with Crippen molar-refractivity contribution < 1.29 is 4.92 Å². The van der Waals surface area contributed by atoms with Crippen LogP contribution in [-0.4, -0.2) is 34.7 Å². The third-order valence-electron chi connectivity index (χ3n) is 4.16. The van der Waals surface area contributed by atoms with Crippen LogP contribution in [0, 0.1) is 17.0 Å². The molecule has 0 atom stereocenters. The molecule has 0 saturated carbocycles. The average molecular weight is 395 g/mol. The fourth-order valence-corrected chi connectivity index (χ4v) is 3.65. The molecular weight excluding hydrogens is 378 g/mol. The van der Waals surface area contributed by atoms with Crippen LogP contribution in [0.1, 0.15) is 27.0 Å². The molecule has 0 aliphatic carbocycles. The van der Waals surface area contributed by atoms with E-state index in [0.717, 1.165) is 22.3 Å². The highest BCUT2D eigenvalue weighted by Gasteiger charge is 2.17. The normalized spacial score (nSPS) is 11.0. The van der Waals surface area contributed by atoms with Crippen molar-refractivity contribution in [3.63, 3.8) is 0 Å². The van der Waals surface area contributed by atoms with Gasteiger partial charge in [-0.15, -0.1) is 10.2 Å². The molecule has 9 nitrogen and oxygen atoms in total. The summed E-state index contributed by atoms with van der Waals surface area (Å²) in [6.07, 6.45) is 2.55. The molecule has 0 unspecified atom stereocenters. The summed E-state index contributed by atoms with van der Waals surface area (Å²) in [5.41, 5.74) is 2.83. The first kappa shape index (κ1) is 18.0. The maximum absolute atomic E-state index is 10.8. The molecule has 0 radical (unpaired) electrons. The Morgan fingerprint density at radius 1 is 1.07 bits per heavy atom. The molecule has 0 saturated heterocycles. The van der Waals surface area contributed by atoms with Crippen LogP contribution in [0.4, 0.5) is 5.82 Å². The van der Waals surface area contributed by atoms with Gasteiger partial charge in [0.2, 0.25) is 0 Å². The lowest BCUT2D eigenvalue weighted by molar-refractivity contribution is -0.389. The maximum Gasteiger partial charge on any atom is 0.390 e. The summed E-state index contributed by atoms with van der Waals surface area (Å²) in [6, 6.07) is 13.6. The summed E-state index contributed by atoms with van der Waals surface area (Å²) in [5.74, 6) is -0.161. The van der Waals surface area contributed by atoms with Crippen LogP contribution in [0.5, 0.6) is 0 Å². The Morgan fingerprint density at radius 3 is 2.61 bits per heavy atom. The van der Waals surface area contributed by atoms with Crippen molar-refractivity contribution in [3.8, 4) is 0 Å². The van der Waals surface area contributed by atoms with Crippen molar-refractivity contribution in [3.05, 3.63) is 85.7 Å². The lowest BCUT2D eigenvalue weighted by Crippen LogP contribution is -2.03. The van der Waals surface area contributed by atoms with Crippen molar-refractivity contribution in [2.75, 3.05) is 0 Å². The van der Waals surface area contributed by atoms with Crippen LogP contribution in [0.15, 0.2) is 48.7 Å². The first-order valence-electron chi connectivity index (χ1n) is 8.63. The summed E-state index contributed by atoms with van der Waals surface area (Å²) < 4.78 is 3.47.